The summed E-state index contributed by atoms with van der Waals surface area (Å²) >= 11 is 0. The summed E-state index contributed by atoms with van der Waals surface area (Å²) in [5.74, 6) is -2.63. The number of allylic oxidation sites excluding steroid dienone is 1. The fourth-order valence-corrected chi connectivity index (χ4v) is 7.29. The number of anilines is 2. The van der Waals surface area contributed by atoms with Gasteiger partial charge in [0.1, 0.15) is 17.6 Å². The smallest absolute Gasteiger partial charge is 0.313 e. The Morgan fingerprint density at radius 2 is 1.69 bits per heavy atom. The highest BCUT2D eigenvalue weighted by Crippen LogP contribution is 2.57. The normalized spacial score (nSPS) is 31.4. The highest BCUT2D eigenvalue weighted by Gasteiger charge is 2.74. The van der Waals surface area contributed by atoms with Crippen molar-refractivity contribution in [2.75, 3.05) is 49.2 Å². The number of unbranched alkanes of at least 4 members (excludes halogenated alkanes) is 3. The SMILES string of the molecule is CCN(CC)c1ccc(N2CC=C[C@]34O[C@@]5(C)/C=C\CCCOC(=O)[C@H]5[C@H]3C(=O)N(CCCCCCO)C4C2=O)cc1. The number of esters is 1. The van der Waals surface area contributed by atoms with E-state index in [-0.39, 0.29) is 25.0 Å². The van der Waals surface area contributed by atoms with Crippen LogP contribution in [0.2, 0.25) is 0 Å². The van der Waals surface area contributed by atoms with E-state index >= 15 is 0 Å². The summed E-state index contributed by atoms with van der Waals surface area (Å²) in [5, 5.41) is 9.19. The first kappa shape index (κ1) is 30.3. The van der Waals surface area contributed by atoms with Gasteiger partial charge in [0.15, 0.2) is 0 Å². The molecule has 5 atom stereocenters. The number of ether oxygens (including phenoxy) is 2. The largest absolute Gasteiger partial charge is 0.465 e. The van der Waals surface area contributed by atoms with Crippen LogP contribution in [0.1, 0.15) is 59.3 Å². The number of hydrogen-bond donors (Lipinski definition) is 1. The number of likely N-dealkylation sites (tertiary alicyclic amines) is 1. The number of aliphatic hydroxyl groups excluding tert-OH is 1. The summed E-state index contributed by atoms with van der Waals surface area (Å²) in [6.45, 7) is 8.96. The zero-order valence-corrected chi connectivity index (χ0v) is 25.2. The number of amides is 2. The van der Waals surface area contributed by atoms with Crippen molar-refractivity contribution in [3.05, 3.63) is 48.6 Å². The van der Waals surface area contributed by atoms with Gasteiger partial charge in [-0.15, -0.1) is 0 Å². The lowest BCUT2D eigenvalue weighted by atomic mass is 9.74. The van der Waals surface area contributed by atoms with E-state index in [4.69, 9.17) is 9.47 Å². The van der Waals surface area contributed by atoms with Gasteiger partial charge in [-0.1, -0.05) is 37.1 Å². The van der Waals surface area contributed by atoms with Crippen LogP contribution in [0.4, 0.5) is 11.4 Å². The third-order valence-corrected chi connectivity index (χ3v) is 9.35. The first-order chi connectivity index (χ1) is 20.3. The van der Waals surface area contributed by atoms with E-state index in [9.17, 15) is 19.5 Å². The van der Waals surface area contributed by atoms with E-state index in [0.29, 0.717) is 32.4 Å². The predicted octanol–water partition coefficient (Wildman–Crippen LogP) is 3.85. The van der Waals surface area contributed by atoms with Gasteiger partial charge >= 0.3 is 5.97 Å². The molecule has 1 aromatic rings. The lowest BCUT2D eigenvalue weighted by molar-refractivity contribution is -0.158. The van der Waals surface area contributed by atoms with Crippen molar-refractivity contribution < 1.29 is 29.0 Å². The van der Waals surface area contributed by atoms with E-state index in [1.54, 1.807) is 9.80 Å². The van der Waals surface area contributed by atoms with Crippen LogP contribution in [0, 0.1) is 11.8 Å². The second-order valence-electron chi connectivity index (χ2n) is 11.9. The number of rotatable bonds is 10. The molecule has 9 nitrogen and oxygen atoms in total. The molecule has 0 saturated carbocycles. The minimum atomic E-state index is -1.29. The lowest BCUT2D eigenvalue weighted by Gasteiger charge is -2.37. The Kier molecular flexibility index (Phi) is 9.08. The molecule has 228 valence electrons. The minimum absolute atomic E-state index is 0.130. The van der Waals surface area contributed by atoms with E-state index in [0.717, 1.165) is 43.7 Å². The van der Waals surface area contributed by atoms with Gasteiger partial charge in [-0.2, -0.15) is 0 Å². The quantitative estimate of drug-likeness (QED) is 0.255. The van der Waals surface area contributed by atoms with Crippen molar-refractivity contribution in [2.45, 2.75) is 76.5 Å². The van der Waals surface area contributed by atoms with Crippen molar-refractivity contribution in [1.29, 1.82) is 0 Å². The molecular formula is C33H45N3O6. The fraction of sp³-hybridized carbons (Fsp3) is 0.606. The Hall–Kier alpha value is -3.17. The van der Waals surface area contributed by atoms with Crippen LogP contribution in [-0.2, 0) is 23.9 Å². The molecule has 0 radical (unpaired) electrons. The Bertz CT molecular complexity index is 1210. The maximum Gasteiger partial charge on any atom is 0.313 e. The second kappa shape index (κ2) is 12.6. The molecule has 1 N–H and O–H groups in total. The van der Waals surface area contributed by atoms with Crippen molar-refractivity contribution in [1.82, 2.24) is 4.90 Å². The number of hydrogen-bond acceptors (Lipinski definition) is 7. The standard InChI is InChI=1S/C33H45N3O6/c1-4-34(5-2)24-14-16-25(17-15-24)35-21-13-19-33-26(27-31(40)41-23-12-8-9-18-32(27,3)42-33)29(38)36(28(33)30(35)39)20-10-6-7-11-22-37/h9,13-19,26-28,37H,4-8,10-12,20-23H2,1-3H3/b18-9-/t26-,27+,28?,32-,33-/m0/s1. The predicted molar refractivity (Wildman–Crippen MR) is 161 cm³/mol. The molecule has 0 aromatic heterocycles. The molecule has 2 amide bonds. The molecule has 4 heterocycles. The molecule has 4 aliphatic rings. The molecule has 5 rings (SSSR count). The Morgan fingerprint density at radius 1 is 0.952 bits per heavy atom. The van der Waals surface area contributed by atoms with Crippen molar-refractivity contribution in [3.63, 3.8) is 0 Å². The highest BCUT2D eigenvalue weighted by molar-refractivity contribution is 6.05. The van der Waals surface area contributed by atoms with Gasteiger partial charge < -0.3 is 29.3 Å². The van der Waals surface area contributed by atoms with Gasteiger partial charge in [-0.25, -0.2) is 0 Å². The number of aliphatic hydroxyl groups is 1. The van der Waals surface area contributed by atoms with Gasteiger partial charge in [-0.3, -0.25) is 14.4 Å². The molecule has 1 spiro atoms. The molecule has 0 bridgehead atoms. The van der Waals surface area contributed by atoms with Gasteiger partial charge in [0.2, 0.25) is 5.91 Å². The number of nitrogens with zero attached hydrogens (tertiary/aromatic N) is 3. The number of carbonyl (C=O) groups is 3. The van der Waals surface area contributed by atoms with Crippen LogP contribution in [0.5, 0.6) is 0 Å². The zero-order chi connectivity index (χ0) is 29.9. The minimum Gasteiger partial charge on any atom is -0.465 e. The monoisotopic (exact) mass is 579 g/mol. The van der Waals surface area contributed by atoms with Crippen molar-refractivity contribution in [2.24, 2.45) is 11.8 Å². The van der Waals surface area contributed by atoms with Crippen LogP contribution >= 0.6 is 0 Å². The summed E-state index contributed by atoms with van der Waals surface area (Å²) in [5.41, 5.74) is -0.541. The Labute approximate surface area is 249 Å². The Balaban J connectivity index is 1.53. The van der Waals surface area contributed by atoms with E-state index in [2.05, 4.69) is 18.7 Å². The van der Waals surface area contributed by atoms with E-state index < -0.39 is 35.0 Å². The summed E-state index contributed by atoms with van der Waals surface area (Å²) in [6, 6.07) is 7.06. The topological polar surface area (TPSA) is 99.6 Å². The van der Waals surface area contributed by atoms with Crippen LogP contribution in [0.25, 0.3) is 0 Å². The Morgan fingerprint density at radius 3 is 2.40 bits per heavy atom. The summed E-state index contributed by atoms with van der Waals surface area (Å²) in [6.07, 6.45) is 12.2. The number of fused-ring (bicyclic) bond motifs is 2. The number of cyclic esters (lactones) is 1. The molecule has 0 aliphatic carbocycles. The second-order valence-corrected chi connectivity index (χ2v) is 11.9. The number of benzene rings is 1. The van der Waals surface area contributed by atoms with Crippen molar-refractivity contribution >= 4 is 29.2 Å². The van der Waals surface area contributed by atoms with Crippen LogP contribution in [0.3, 0.4) is 0 Å². The van der Waals surface area contributed by atoms with Gasteiger partial charge in [0, 0.05) is 44.2 Å². The third-order valence-electron chi connectivity index (χ3n) is 9.35. The van der Waals surface area contributed by atoms with Gasteiger partial charge in [-0.05, 0) is 70.7 Å². The number of carbonyl (C=O) groups excluding carboxylic acids is 3. The molecule has 42 heavy (non-hydrogen) atoms. The molecule has 2 saturated heterocycles. The van der Waals surface area contributed by atoms with Crippen LogP contribution in [0.15, 0.2) is 48.6 Å². The first-order valence-electron chi connectivity index (χ1n) is 15.6. The van der Waals surface area contributed by atoms with E-state index in [1.165, 1.54) is 0 Å². The fourth-order valence-electron chi connectivity index (χ4n) is 7.29. The molecule has 4 aliphatic heterocycles. The average Bonchev–Trinajstić information content (AvgIpc) is 3.33. The zero-order valence-electron chi connectivity index (χ0n) is 25.2. The maximum absolute atomic E-state index is 14.6. The summed E-state index contributed by atoms with van der Waals surface area (Å²) < 4.78 is 12.5. The molecule has 2 fully saturated rings. The molecular weight excluding hydrogens is 534 g/mol. The van der Waals surface area contributed by atoms with Crippen LogP contribution in [-0.4, -0.2) is 84.4 Å². The van der Waals surface area contributed by atoms with Crippen LogP contribution < -0.4 is 9.80 Å². The maximum atomic E-state index is 14.6. The molecule has 1 aromatic carbocycles. The average molecular weight is 580 g/mol. The summed E-state index contributed by atoms with van der Waals surface area (Å²) in [4.78, 5) is 48.1. The molecule has 9 heteroatoms. The third kappa shape index (κ3) is 5.26. The lowest BCUT2D eigenvalue weighted by Crippen LogP contribution is -2.56. The first-order valence-corrected chi connectivity index (χ1v) is 15.6. The van der Waals surface area contributed by atoms with Crippen molar-refractivity contribution in [3.8, 4) is 0 Å². The van der Waals surface area contributed by atoms with E-state index in [1.807, 2.05) is 55.5 Å². The summed E-state index contributed by atoms with van der Waals surface area (Å²) in [7, 11) is 0. The highest BCUT2D eigenvalue weighted by atomic mass is 16.6. The van der Waals surface area contributed by atoms with Gasteiger partial charge in [0.25, 0.3) is 5.91 Å². The van der Waals surface area contributed by atoms with Gasteiger partial charge in [0.05, 0.1) is 18.1 Å². The molecule has 1 unspecified atom stereocenters.